The number of benzene rings is 3. The number of ether oxygens (including phenoxy) is 1. The summed E-state index contributed by atoms with van der Waals surface area (Å²) in [6.45, 7) is 1.23. The van der Waals surface area contributed by atoms with Gasteiger partial charge in [0.05, 0.1) is 33.5 Å². The summed E-state index contributed by atoms with van der Waals surface area (Å²) in [5.41, 5.74) is 2.01. The van der Waals surface area contributed by atoms with E-state index < -0.39 is 36.3 Å². The van der Waals surface area contributed by atoms with Crippen LogP contribution in [0.1, 0.15) is 57.4 Å². The molecular formula is C25H16N2O6. The average molecular weight is 440 g/mol. The maximum Gasteiger partial charge on any atom is 0.339 e. The molecule has 0 fully saturated rings. The minimum atomic E-state index is -0.830. The van der Waals surface area contributed by atoms with E-state index in [1.54, 1.807) is 43.3 Å². The fraction of sp³-hybridized carbons (Fsp3) is 0.0800. The Labute approximate surface area is 188 Å². The van der Waals surface area contributed by atoms with Gasteiger partial charge in [-0.3, -0.25) is 19.2 Å². The van der Waals surface area contributed by atoms with E-state index in [1.165, 1.54) is 30.3 Å². The number of esters is 1. The number of para-hydroxylation sites is 1. The number of aryl methyl sites for hydroxylation is 1. The molecule has 2 aliphatic rings. The molecule has 4 amide bonds. The summed E-state index contributed by atoms with van der Waals surface area (Å²) >= 11 is 0. The van der Waals surface area contributed by atoms with E-state index in [9.17, 15) is 24.0 Å². The third kappa shape index (κ3) is 3.11. The van der Waals surface area contributed by atoms with Crippen molar-refractivity contribution in [3.8, 4) is 0 Å². The summed E-state index contributed by atoms with van der Waals surface area (Å²) in [6.07, 6.45) is 0. The standard InChI is InChI=1S/C25H16N2O6/c1-14-6-2-5-9-20(14)27-23(30)18-11-10-15(12-19(18)24(27)31)25(32)33-13-26-21(28)16-7-3-4-8-17(16)22(26)29/h2-12H,13H2,1H3. The molecule has 0 saturated carbocycles. The molecule has 0 spiro atoms. The Bertz CT molecular complexity index is 1360. The topological polar surface area (TPSA) is 101 Å². The van der Waals surface area contributed by atoms with E-state index in [2.05, 4.69) is 0 Å². The van der Waals surface area contributed by atoms with Crippen molar-refractivity contribution < 1.29 is 28.7 Å². The molecule has 33 heavy (non-hydrogen) atoms. The molecule has 3 aromatic carbocycles. The Balaban J connectivity index is 1.35. The molecule has 8 nitrogen and oxygen atoms in total. The highest BCUT2D eigenvalue weighted by molar-refractivity contribution is 6.35. The highest BCUT2D eigenvalue weighted by Crippen LogP contribution is 2.31. The number of hydrogen-bond acceptors (Lipinski definition) is 6. The van der Waals surface area contributed by atoms with Crippen LogP contribution in [0, 0.1) is 6.92 Å². The largest absolute Gasteiger partial charge is 0.440 e. The maximum atomic E-state index is 13.0. The van der Waals surface area contributed by atoms with Crippen LogP contribution in [-0.2, 0) is 4.74 Å². The molecule has 0 unspecified atom stereocenters. The van der Waals surface area contributed by atoms with Crippen LogP contribution in [-0.4, -0.2) is 41.2 Å². The summed E-state index contributed by atoms with van der Waals surface area (Å²) < 4.78 is 5.17. The smallest absolute Gasteiger partial charge is 0.339 e. The molecule has 0 N–H and O–H groups in total. The van der Waals surface area contributed by atoms with Crippen molar-refractivity contribution in [3.05, 3.63) is 100 Å². The van der Waals surface area contributed by atoms with Crippen LogP contribution < -0.4 is 4.90 Å². The predicted molar refractivity (Wildman–Crippen MR) is 116 cm³/mol. The van der Waals surface area contributed by atoms with Crippen molar-refractivity contribution in [1.29, 1.82) is 0 Å². The minimum absolute atomic E-state index is 0.0261. The van der Waals surface area contributed by atoms with Gasteiger partial charge in [-0.2, -0.15) is 0 Å². The number of imide groups is 2. The van der Waals surface area contributed by atoms with Crippen LogP contribution in [0.25, 0.3) is 0 Å². The quantitative estimate of drug-likeness (QED) is 0.456. The SMILES string of the molecule is Cc1ccccc1N1C(=O)c2ccc(C(=O)OCN3C(=O)c4ccccc4C3=O)cc2C1=O. The molecule has 0 radical (unpaired) electrons. The van der Waals surface area contributed by atoms with Gasteiger partial charge in [-0.05, 0) is 48.9 Å². The van der Waals surface area contributed by atoms with E-state index in [1.807, 2.05) is 0 Å². The lowest BCUT2D eigenvalue weighted by atomic mass is 10.1. The van der Waals surface area contributed by atoms with Gasteiger partial charge in [0.1, 0.15) is 0 Å². The monoisotopic (exact) mass is 440 g/mol. The first kappa shape index (κ1) is 20.3. The lowest BCUT2D eigenvalue weighted by Gasteiger charge is -2.16. The summed E-state index contributed by atoms with van der Waals surface area (Å²) in [4.78, 5) is 65.1. The molecule has 162 valence electrons. The molecule has 0 atom stereocenters. The van der Waals surface area contributed by atoms with Crippen LogP contribution >= 0.6 is 0 Å². The molecule has 0 saturated heterocycles. The predicted octanol–water partition coefficient (Wildman–Crippen LogP) is 3.21. The third-order valence-electron chi connectivity index (χ3n) is 5.68. The molecule has 0 aromatic heterocycles. The Kier molecular flexibility index (Phi) is 4.63. The number of amides is 4. The maximum absolute atomic E-state index is 13.0. The number of anilines is 1. The van der Waals surface area contributed by atoms with Gasteiger partial charge in [-0.15, -0.1) is 0 Å². The first-order valence-electron chi connectivity index (χ1n) is 10.1. The molecular weight excluding hydrogens is 424 g/mol. The van der Waals surface area contributed by atoms with Crippen molar-refractivity contribution in [3.63, 3.8) is 0 Å². The summed E-state index contributed by atoms with van der Waals surface area (Å²) in [7, 11) is 0. The second kappa shape index (κ2) is 7.52. The summed E-state index contributed by atoms with van der Waals surface area (Å²) in [5.74, 6) is -2.95. The second-order valence-electron chi connectivity index (χ2n) is 7.64. The van der Waals surface area contributed by atoms with Crippen LogP contribution in [0.5, 0.6) is 0 Å². The van der Waals surface area contributed by atoms with E-state index in [0.717, 1.165) is 15.4 Å². The molecule has 0 bridgehead atoms. The lowest BCUT2D eigenvalue weighted by Crippen LogP contribution is -2.33. The Hall–Kier alpha value is -4.59. The zero-order valence-electron chi connectivity index (χ0n) is 17.4. The number of rotatable bonds is 4. The van der Waals surface area contributed by atoms with Crippen molar-refractivity contribution in [2.75, 3.05) is 11.6 Å². The lowest BCUT2D eigenvalue weighted by molar-refractivity contribution is 0.0227. The first-order valence-corrected chi connectivity index (χ1v) is 10.1. The Morgan fingerprint density at radius 1 is 0.727 bits per heavy atom. The molecule has 2 aliphatic heterocycles. The van der Waals surface area contributed by atoms with Gasteiger partial charge < -0.3 is 4.74 Å². The van der Waals surface area contributed by atoms with Gasteiger partial charge in [0.15, 0.2) is 6.73 Å². The van der Waals surface area contributed by atoms with Gasteiger partial charge in [-0.1, -0.05) is 30.3 Å². The highest BCUT2D eigenvalue weighted by atomic mass is 16.5. The molecule has 5 rings (SSSR count). The van der Waals surface area contributed by atoms with Gasteiger partial charge in [0.2, 0.25) is 0 Å². The molecule has 3 aromatic rings. The van der Waals surface area contributed by atoms with Gasteiger partial charge in [0, 0.05) is 0 Å². The van der Waals surface area contributed by atoms with E-state index in [0.29, 0.717) is 5.69 Å². The van der Waals surface area contributed by atoms with Crippen molar-refractivity contribution in [2.45, 2.75) is 6.92 Å². The zero-order chi connectivity index (χ0) is 23.3. The summed E-state index contributed by atoms with van der Waals surface area (Å²) in [6, 6.07) is 17.4. The van der Waals surface area contributed by atoms with Gasteiger partial charge >= 0.3 is 5.97 Å². The molecule has 8 heteroatoms. The fourth-order valence-electron chi connectivity index (χ4n) is 3.96. The van der Waals surface area contributed by atoms with Crippen molar-refractivity contribution >= 4 is 35.3 Å². The van der Waals surface area contributed by atoms with Crippen LogP contribution in [0.4, 0.5) is 5.69 Å². The number of carbonyl (C=O) groups excluding carboxylic acids is 5. The van der Waals surface area contributed by atoms with Gasteiger partial charge in [-0.25, -0.2) is 14.6 Å². The van der Waals surface area contributed by atoms with Crippen LogP contribution in [0.15, 0.2) is 66.7 Å². The number of hydrogen-bond donors (Lipinski definition) is 0. The average Bonchev–Trinajstić information content (AvgIpc) is 3.22. The van der Waals surface area contributed by atoms with Crippen molar-refractivity contribution in [1.82, 2.24) is 4.90 Å². The second-order valence-corrected chi connectivity index (χ2v) is 7.64. The van der Waals surface area contributed by atoms with Gasteiger partial charge in [0.25, 0.3) is 23.6 Å². The summed E-state index contributed by atoms with van der Waals surface area (Å²) in [5, 5.41) is 0. The highest BCUT2D eigenvalue weighted by Gasteiger charge is 2.38. The van der Waals surface area contributed by atoms with Crippen LogP contribution in [0.2, 0.25) is 0 Å². The Morgan fingerprint density at radius 3 is 1.97 bits per heavy atom. The van der Waals surface area contributed by atoms with Crippen LogP contribution in [0.3, 0.4) is 0 Å². The first-order chi connectivity index (χ1) is 15.9. The third-order valence-corrected chi connectivity index (χ3v) is 5.68. The fourth-order valence-corrected chi connectivity index (χ4v) is 3.96. The Morgan fingerprint density at radius 2 is 1.30 bits per heavy atom. The number of carbonyl (C=O) groups is 5. The van der Waals surface area contributed by atoms with E-state index in [-0.39, 0.29) is 27.8 Å². The number of nitrogens with zero attached hydrogens (tertiary/aromatic N) is 2. The normalized spacial score (nSPS) is 14.6. The van der Waals surface area contributed by atoms with E-state index >= 15 is 0 Å². The number of fused-ring (bicyclic) bond motifs is 2. The minimum Gasteiger partial charge on any atom is -0.440 e. The van der Waals surface area contributed by atoms with E-state index in [4.69, 9.17) is 4.74 Å². The molecule has 2 heterocycles. The zero-order valence-corrected chi connectivity index (χ0v) is 17.4. The molecule has 0 aliphatic carbocycles. The van der Waals surface area contributed by atoms with Crippen molar-refractivity contribution in [2.24, 2.45) is 0 Å².